The number of hydrogen-bond donors (Lipinski definition) is 2. The maximum Gasteiger partial charge on any atom is 0.0510 e. The lowest BCUT2D eigenvalue weighted by atomic mass is 10.1. The third-order valence-electron chi connectivity index (χ3n) is 3.56. The average molecular weight is 313 g/mol. The van der Waals surface area contributed by atoms with Crippen LogP contribution in [0.15, 0.2) is 22.7 Å². The molecule has 0 saturated carbocycles. The van der Waals surface area contributed by atoms with Crippen molar-refractivity contribution in [1.82, 2.24) is 5.32 Å². The molecular formula is C14H21BrN2O. The topological polar surface area (TPSA) is 35.5 Å². The van der Waals surface area contributed by atoms with Crippen molar-refractivity contribution >= 4 is 21.6 Å². The van der Waals surface area contributed by atoms with Crippen LogP contribution in [0.4, 0.5) is 5.69 Å². The minimum Gasteiger partial charge on any atom is -0.396 e. The van der Waals surface area contributed by atoms with Crippen LogP contribution in [0, 0.1) is 5.92 Å². The number of rotatable bonds is 5. The summed E-state index contributed by atoms with van der Waals surface area (Å²) in [5.41, 5.74) is 2.56. The van der Waals surface area contributed by atoms with E-state index in [9.17, 15) is 0 Å². The lowest BCUT2D eigenvalue weighted by molar-refractivity contribution is 0.263. The lowest BCUT2D eigenvalue weighted by Crippen LogP contribution is -2.20. The normalized spacial score (nSPS) is 19.5. The molecule has 0 aromatic heterocycles. The van der Waals surface area contributed by atoms with Crippen molar-refractivity contribution in [3.05, 3.63) is 28.2 Å². The van der Waals surface area contributed by atoms with Crippen molar-refractivity contribution in [3.8, 4) is 0 Å². The first-order valence-electron chi connectivity index (χ1n) is 6.53. The minimum atomic E-state index is 0.306. The molecule has 1 unspecified atom stereocenters. The number of nitrogens with one attached hydrogen (secondary N) is 1. The highest BCUT2D eigenvalue weighted by Gasteiger charge is 2.23. The maximum atomic E-state index is 9.00. The first kappa shape index (κ1) is 13.8. The van der Waals surface area contributed by atoms with E-state index in [1.807, 2.05) is 7.05 Å². The quantitative estimate of drug-likeness (QED) is 0.876. The van der Waals surface area contributed by atoms with E-state index in [1.54, 1.807) is 0 Å². The molecule has 3 nitrogen and oxygen atoms in total. The van der Waals surface area contributed by atoms with Crippen LogP contribution < -0.4 is 10.2 Å². The molecule has 2 rings (SSSR count). The van der Waals surface area contributed by atoms with Gasteiger partial charge in [0.25, 0.3) is 0 Å². The third-order valence-corrected chi connectivity index (χ3v) is 4.19. The Balaban J connectivity index is 2.05. The summed E-state index contributed by atoms with van der Waals surface area (Å²) in [6.45, 7) is 3.35. The Kier molecular flexibility index (Phi) is 5.03. The molecule has 0 amide bonds. The van der Waals surface area contributed by atoms with Gasteiger partial charge in [-0.25, -0.2) is 0 Å². The average Bonchev–Trinajstić information content (AvgIpc) is 2.78. The minimum absolute atomic E-state index is 0.306. The van der Waals surface area contributed by atoms with Gasteiger partial charge in [-0.2, -0.15) is 0 Å². The first-order valence-corrected chi connectivity index (χ1v) is 7.32. The molecule has 0 aliphatic carbocycles. The smallest absolute Gasteiger partial charge is 0.0510 e. The zero-order valence-corrected chi connectivity index (χ0v) is 12.4. The Hall–Kier alpha value is -0.580. The van der Waals surface area contributed by atoms with Crippen LogP contribution in [0.5, 0.6) is 0 Å². The molecule has 0 radical (unpaired) electrons. The van der Waals surface area contributed by atoms with E-state index in [1.165, 1.54) is 22.1 Å². The van der Waals surface area contributed by atoms with Gasteiger partial charge in [0.15, 0.2) is 0 Å². The van der Waals surface area contributed by atoms with Crippen LogP contribution in [-0.4, -0.2) is 31.9 Å². The van der Waals surface area contributed by atoms with Gasteiger partial charge in [0, 0.05) is 30.7 Å². The molecular weight excluding hydrogens is 292 g/mol. The van der Waals surface area contributed by atoms with E-state index in [-0.39, 0.29) is 0 Å². The standard InChI is InChI=1S/C14H21BrN2O/c1-16-9-12-2-3-14(13(15)8-12)17-6-4-11(10-17)5-7-18/h2-3,8,11,16,18H,4-7,9-10H2,1H3. The molecule has 1 aliphatic heterocycles. The van der Waals surface area contributed by atoms with Gasteiger partial charge >= 0.3 is 0 Å². The van der Waals surface area contributed by atoms with Crippen molar-refractivity contribution in [3.63, 3.8) is 0 Å². The largest absolute Gasteiger partial charge is 0.396 e. The summed E-state index contributed by atoms with van der Waals surface area (Å²) in [4.78, 5) is 2.41. The fourth-order valence-corrected chi connectivity index (χ4v) is 3.27. The fraction of sp³-hybridized carbons (Fsp3) is 0.571. The Morgan fingerprint density at radius 1 is 1.50 bits per heavy atom. The highest BCUT2D eigenvalue weighted by Crippen LogP contribution is 2.32. The Bertz CT molecular complexity index is 397. The van der Waals surface area contributed by atoms with Crippen LogP contribution in [-0.2, 0) is 6.54 Å². The van der Waals surface area contributed by atoms with Gasteiger partial charge < -0.3 is 15.3 Å². The van der Waals surface area contributed by atoms with E-state index >= 15 is 0 Å². The van der Waals surface area contributed by atoms with Crippen molar-refractivity contribution in [2.45, 2.75) is 19.4 Å². The molecule has 1 aromatic rings. The Morgan fingerprint density at radius 2 is 2.33 bits per heavy atom. The number of halogens is 1. The van der Waals surface area contributed by atoms with Crippen LogP contribution in [0.3, 0.4) is 0 Å². The molecule has 1 saturated heterocycles. The molecule has 0 bridgehead atoms. The predicted octanol–water partition coefficient (Wildman–Crippen LogP) is 2.38. The molecule has 0 spiro atoms. The predicted molar refractivity (Wildman–Crippen MR) is 78.9 cm³/mol. The molecule has 1 heterocycles. The highest BCUT2D eigenvalue weighted by atomic mass is 79.9. The Morgan fingerprint density at radius 3 is 3.00 bits per heavy atom. The summed E-state index contributed by atoms with van der Waals surface area (Å²) in [6, 6.07) is 6.55. The van der Waals surface area contributed by atoms with Gasteiger partial charge in [-0.3, -0.25) is 0 Å². The first-order chi connectivity index (χ1) is 8.74. The number of anilines is 1. The molecule has 1 aromatic carbocycles. The van der Waals surface area contributed by atoms with Crippen molar-refractivity contribution < 1.29 is 5.11 Å². The van der Waals surface area contributed by atoms with Crippen LogP contribution in [0.1, 0.15) is 18.4 Å². The Labute approximate surface area is 117 Å². The second kappa shape index (κ2) is 6.55. The van der Waals surface area contributed by atoms with Gasteiger partial charge in [0.2, 0.25) is 0 Å². The second-order valence-corrected chi connectivity index (χ2v) is 5.78. The number of nitrogens with zero attached hydrogens (tertiary/aromatic N) is 1. The van der Waals surface area contributed by atoms with Gasteiger partial charge in [0.1, 0.15) is 0 Å². The number of aliphatic hydroxyl groups excluding tert-OH is 1. The van der Waals surface area contributed by atoms with E-state index in [0.29, 0.717) is 12.5 Å². The summed E-state index contributed by atoms with van der Waals surface area (Å²) in [5, 5.41) is 12.2. The van der Waals surface area contributed by atoms with Crippen LogP contribution >= 0.6 is 15.9 Å². The molecule has 1 atom stereocenters. The van der Waals surface area contributed by atoms with E-state index in [4.69, 9.17) is 5.11 Å². The van der Waals surface area contributed by atoms with Crippen LogP contribution in [0.2, 0.25) is 0 Å². The molecule has 4 heteroatoms. The highest BCUT2D eigenvalue weighted by molar-refractivity contribution is 9.10. The second-order valence-electron chi connectivity index (χ2n) is 4.93. The van der Waals surface area contributed by atoms with Crippen molar-refractivity contribution in [1.29, 1.82) is 0 Å². The summed E-state index contributed by atoms with van der Waals surface area (Å²) in [7, 11) is 1.96. The van der Waals surface area contributed by atoms with Gasteiger partial charge in [0.05, 0.1) is 5.69 Å². The van der Waals surface area contributed by atoms with Gasteiger partial charge in [-0.1, -0.05) is 6.07 Å². The zero-order chi connectivity index (χ0) is 13.0. The number of hydrogen-bond acceptors (Lipinski definition) is 3. The lowest BCUT2D eigenvalue weighted by Gasteiger charge is -2.21. The monoisotopic (exact) mass is 312 g/mol. The summed E-state index contributed by atoms with van der Waals surface area (Å²) < 4.78 is 1.17. The third kappa shape index (κ3) is 3.25. The van der Waals surface area contributed by atoms with E-state index in [0.717, 1.165) is 26.1 Å². The summed E-state index contributed by atoms with van der Waals surface area (Å²) >= 11 is 3.67. The molecule has 18 heavy (non-hydrogen) atoms. The number of aliphatic hydroxyl groups is 1. The zero-order valence-electron chi connectivity index (χ0n) is 10.8. The van der Waals surface area contributed by atoms with E-state index < -0.39 is 0 Å². The fourth-order valence-electron chi connectivity index (χ4n) is 2.59. The summed E-state index contributed by atoms with van der Waals surface area (Å²) in [6.07, 6.45) is 2.11. The number of benzene rings is 1. The molecule has 100 valence electrons. The molecule has 1 fully saturated rings. The SMILES string of the molecule is CNCc1ccc(N2CCC(CCO)C2)c(Br)c1. The molecule has 1 aliphatic rings. The maximum absolute atomic E-state index is 9.00. The van der Waals surface area contributed by atoms with Crippen molar-refractivity contribution in [2.75, 3.05) is 31.6 Å². The summed E-state index contributed by atoms with van der Waals surface area (Å²) in [5.74, 6) is 0.638. The van der Waals surface area contributed by atoms with E-state index in [2.05, 4.69) is 44.3 Å². The van der Waals surface area contributed by atoms with Gasteiger partial charge in [-0.15, -0.1) is 0 Å². The van der Waals surface area contributed by atoms with Gasteiger partial charge in [-0.05, 0) is 59.4 Å². The van der Waals surface area contributed by atoms with Crippen LogP contribution in [0.25, 0.3) is 0 Å². The van der Waals surface area contributed by atoms with Crippen molar-refractivity contribution in [2.24, 2.45) is 5.92 Å². The molecule has 2 N–H and O–H groups in total.